The third-order valence-corrected chi connectivity index (χ3v) is 6.47. The highest BCUT2D eigenvalue weighted by Crippen LogP contribution is 2.26. The van der Waals surface area contributed by atoms with Crippen molar-refractivity contribution in [1.29, 1.82) is 0 Å². The topological polar surface area (TPSA) is 95.3 Å². The minimum atomic E-state index is -3.85. The molecule has 176 valence electrons. The second kappa shape index (κ2) is 10.0. The molecular weight excluding hydrogens is 459 g/mol. The third kappa shape index (κ3) is 5.41. The first-order valence-electron chi connectivity index (χ1n) is 10.6. The average molecular weight is 483 g/mol. The Morgan fingerprint density at radius 3 is 2.12 bits per heavy atom. The number of ether oxygens (including phenoxy) is 2. The quantitative estimate of drug-likeness (QED) is 0.358. The summed E-state index contributed by atoms with van der Waals surface area (Å²) in [7, 11) is -3.85. The summed E-state index contributed by atoms with van der Waals surface area (Å²) in [6.07, 6.45) is 0. The van der Waals surface area contributed by atoms with Crippen molar-refractivity contribution in [2.24, 2.45) is 0 Å². The zero-order chi connectivity index (χ0) is 24.1. The molecule has 0 amide bonds. The van der Waals surface area contributed by atoms with Gasteiger partial charge < -0.3 is 9.47 Å². The molecule has 10 heteroatoms. The molecule has 0 radical (unpaired) electrons. The van der Waals surface area contributed by atoms with Gasteiger partial charge in [0.15, 0.2) is 5.82 Å². The Bertz CT molecular complexity index is 1340. The lowest BCUT2D eigenvalue weighted by Gasteiger charge is -2.15. The number of nitrogens with one attached hydrogen (secondary N) is 1. The van der Waals surface area contributed by atoms with Crippen molar-refractivity contribution in [3.63, 3.8) is 0 Å². The molecule has 4 aromatic rings. The summed E-state index contributed by atoms with van der Waals surface area (Å²) in [6.45, 7) is 3.97. The predicted octanol–water partition coefficient (Wildman–Crippen LogP) is 5.06. The van der Waals surface area contributed by atoms with Gasteiger partial charge in [-0.05, 0) is 74.5 Å². The fraction of sp³-hybridized carbons (Fsp3) is 0.167. The van der Waals surface area contributed by atoms with Crippen molar-refractivity contribution in [3.8, 4) is 23.3 Å². The number of aromatic nitrogens is 3. The highest BCUT2D eigenvalue weighted by molar-refractivity contribution is 7.89. The smallest absolute Gasteiger partial charge is 0.322 e. The van der Waals surface area contributed by atoms with Gasteiger partial charge in [-0.25, -0.2) is 17.5 Å². The normalized spacial score (nSPS) is 12.3. The average Bonchev–Trinajstić information content (AvgIpc) is 3.24. The van der Waals surface area contributed by atoms with Crippen molar-refractivity contribution in [2.75, 3.05) is 0 Å². The number of para-hydroxylation sites is 1. The Hall–Kier alpha value is -3.76. The van der Waals surface area contributed by atoms with E-state index in [-0.39, 0.29) is 16.7 Å². The van der Waals surface area contributed by atoms with Crippen LogP contribution in [0.4, 0.5) is 4.39 Å². The van der Waals surface area contributed by atoms with Gasteiger partial charge in [0.2, 0.25) is 10.0 Å². The van der Waals surface area contributed by atoms with Crippen molar-refractivity contribution in [3.05, 3.63) is 90.5 Å². The van der Waals surface area contributed by atoms with E-state index in [0.717, 1.165) is 0 Å². The molecule has 34 heavy (non-hydrogen) atoms. The number of hydrogen-bond donors (Lipinski definition) is 1. The molecule has 0 spiro atoms. The van der Waals surface area contributed by atoms with Gasteiger partial charge in [-0.15, -0.1) is 5.10 Å². The minimum absolute atomic E-state index is 0.0881. The van der Waals surface area contributed by atoms with E-state index in [0.29, 0.717) is 29.6 Å². The lowest BCUT2D eigenvalue weighted by atomic mass is 10.3. The van der Waals surface area contributed by atoms with Crippen LogP contribution in [0, 0.1) is 5.82 Å². The van der Waals surface area contributed by atoms with Crippen LogP contribution in [0.25, 0.3) is 0 Å². The van der Waals surface area contributed by atoms with Gasteiger partial charge in [-0.2, -0.15) is 0 Å². The van der Waals surface area contributed by atoms with Gasteiger partial charge in [0.25, 0.3) is 0 Å². The zero-order valence-electron chi connectivity index (χ0n) is 18.6. The molecule has 8 nitrogen and oxygen atoms in total. The van der Waals surface area contributed by atoms with Gasteiger partial charge in [0.05, 0.1) is 10.9 Å². The van der Waals surface area contributed by atoms with Crippen molar-refractivity contribution in [2.45, 2.75) is 31.3 Å². The maximum Gasteiger partial charge on any atom is 0.322 e. The van der Waals surface area contributed by atoms with Crippen molar-refractivity contribution in [1.82, 2.24) is 19.5 Å². The fourth-order valence-corrected chi connectivity index (χ4v) is 4.47. The van der Waals surface area contributed by atoms with Crippen LogP contribution in [-0.4, -0.2) is 23.2 Å². The Morgan fingerprint density at radius 2 is 1.47 bits per heavy atom. The number of rotatable bonds is 9. The second-order valence-electron chi connectivity index (χ2n) is 7.37. The van der Waals surface area contributed by atoms with E-state index < -0.39 is 16.1 Å². The summed E-state index contributed by atoms with van der Waals surface area (Å²) < 4.78 is 54.7. The third-order valence-electron chi connectivity index (χ3n) is 4.92. The summed E-state index contributed by atoms with van der Waals surface area (Å²) in [5.74, 6) is 1.56. The summed E-state index contributed by atoms with van der Waals surface area (Å²) in [5, 5.41) is 8.13. The van der Waals surface area contributed by atoms with E-state index in [1.54, 1.807) is 23.6 Å². The Balaban J connectivity index is 1.47. The molecule has 0 unspecified atom stereocenters. The molecule has 0 aliphatic heterocycles. The Morgan fingerprint density at radius 1 is 0.882 bits per heavy atom. The van der Waals surface area contributed by atoms with Crippen LogP contribution in [0.15, 0.2) is 83.8 Å². The van der Waals surface area contributed by atoms with Crippen LogP contribution in [0.1, 0.15) is 25.7 Å². The molecule has 1 aromatic heterocycles. The standard InChI is InChI=1S/C24H23FN4O4S/c1-3-29-23(26-27-24(29)33-21-11-9-18(25)10-12-21)17(2)28-34(30,31)22-15-13-20(14-16-22)32-19-7-5-4-6-8-19/h4-17,28H,3H2,1-2H3/t17-/m1/s1. The van der Waals surface area contributed by atoms with Crippen LogP contribution in [-0.2, 0) is 16.6 Å². The van der Waals surface area contributed by atoms with E-state index in [9.17, 15) is 12.8 Å². The number of halogens is 1. The summed E-state index contributed by atoms with van der Waals surface area (Å²) in [6, 6.07) is 20.3. The summed E-state index contributed by atoms with van der Waals surface area (Å²) in [5.41, 5.74) is 0. The Kier molecular flexibility index (Phi) is 6.90. The highest BCUT2D eigenvalue weighted by Gasteiger charge is 2.24. The molecule has 0 fully saturated rings. The molecule has 0 aliphatic carbocycles. The molecule has 3 aromatic carbocycles. The van der Waals surface area contributed by atoms with Crippen molar-refractivity contribution >= 4 is 10.0 Å². The summed E-state index contributed by atoms with van der Waals surface area (Å²) in [4.78, 5) is 0.0881. The molecule has 0 aliphatic rings. The maximum atomic E-state index is 13.1. The molecule has 1 N–H and O–H groups in total. The predicted molar refractivity (Wildman–Crippen MR) is 124 cm³/mol. The molecule has 4 rings (SSSR count). The minimum Gasteiger partial charge on any atom is -0.457 e. The largest absolute Gasteiger partial charge is 0.457 e. The fourth-order valence-electron chi connectivity index (χ4n) is 3.27. The number of hydrogen-bond acceptors (Lipinski definition) is 6. The van der Waals surface area contributed by atoms with Crippen molar-refractivity contribution < 1.29 is 22.3 Å². The van der Waals surface area contributed by atoms with E-state index in [1.807, 2.05) is 37.3 Å². The summed E-state index contributed by atoms with van der Waals surface area (Å²) >= 11 is 0. The van der Waals surface area contributed by atoms with Gasteiger partial charge in [-0.3, -0.25) is 4.57 Å². The number of benzene rings is 3. The first-order chi connectivity index (χ1) is 16.4. The van der Waals surface area contributed by atoms with E-state index >= 15 is 0 Å². The number of sulfonamides is 1. The van der Waals surface area contributed by atoms with Gasteiger partial charge in [0.1, 0.15) is 23.1 Å². The number of nitrogens with zero attached hydrogens (tertiary/aromatic N) is 3. The first kappa shape index (κ1) is 23.4. The van der Waals surface area contributed by atoms with E-state index in [4.69, 9.17) is 9.47 Å². The lowest BCUT2D eigenvalue weighted by molar-refractivity contribution is 0.407. The highest BCUT2D eigenvalue weighted by atomic mass is 32.2. The van der Waals surface area contributed by atoms with Crippen LogP contribution in [0.5, 0.6) is 23.3 Å². The SMILES string of the molecule is CCn1c(Oc2ccc(F)cc2)nnc1[C@@H](C)NS(=O)(=O)c1ccc(Oc2ccccc2)cc1. The molecule has 0 saturated heterocycles. The van der Waals surface area contributed by atoms with E-state index in [1.165, 1.54) is 36.4 Å². The van der Waals surface area contributed by atoms with Gasteiger partial charge in [-0.1, -0.05) is 23.3 Å². The van der Waals surface area contributed by atoms with Crippen LogP contribution in [0.3, 0.4) is 0 Å². The monoisotopic (exact) mass is 482 g/mol. The van der Waals surface area contributed by atoms with Crippen LogP contribution < -0.4 is 14.2 Å². The van der Waals surface area contributed by atoms with E-state index in [2.05, 4.69) is 14.9 Å². The van der Waals surface area contributed by atoms with Crippen LogP contribution in [0.2, 0.25) is 0 Å². The molecular formula is C24H23FN4O4S. The molecule has 0 saturated carbocycles. The van der Waals surface area contributed by atoms with Gasteiger partial charge >= 0.3 is 6.01 Å². The maximum absolute atomic E-state index is 13.1. The first-order valence-corrected chi connectivity index (χ1v) is 12.1. The Labute approximate surface area is 197 Å². The lowest BCUT2D eigenvalue weighted by Crippen LogP contribution is -2.29. The zero-order valence-corrected chi connectivity index (χ0v) is 19.4. The van der Waals surface area contributed by atoms with Gasteiger partial charge in [0, 0.05) is 6.54 Å². The molecule has 1 atom stereocenters. The van der Waals surface area contributed by atoms with Crippen LogP contribution >= 0.6 is 0 Å². The second-order valence-corrected chi connectivity index (χ2v) is 9.08. The molecule has 0 bridgehead atoms. The molecule has 1 heterocycles.